The highest BCUT2D eigenvalue weighted by Crippen LogP contribution is 2.12. The van der Waals surface area contributed by atoms with Crippen molar-refractivity contribution in [2.45, 2.75) is 19.1 Å². The van der Waals surface area contributed by atoms with Crippen LogP contribution in [-0.4, -0.2) is 24.4 Å². The smallest absolute Gasteiger partial charge is 0.123 e. The Labute approximate surface area is 124 Å². The molecule has 0 aliphatic heterocycles. The molecule has 0 spiro atoms. The van der Waals surface area contributed by atoms with Gasteiger partial charge in [-0.05, 0) is 36.8 Å². The molecule has 2 atom stereocenters. The number of hydrogen-bond acceptors (Lipinski definition) is 3. The summed E-state index contributed by atoms with van der Waals surface area (Å²) >= 11 is 0. The minimum absolute atomic E-state index is 0.159. The van der Waals surface area contributed by atoms with Gasteiger partial charge in [0, 0.05) is 12.6 Å². The second-order valence-corrected chi connectivity index (χ2v) is 4.96. The van der Waals surface area contributed by atoms with Crippen LogP contribution in [0.4, 0.5) is 4.39 Å². The van der Waals surface area contributed by atoms with Crippen molar-refractivity contribution in [3.8, 4) is 5.75 Å². The molecule has 0 heterocycles. The Hall–Kier alpha value is -1.91. The van der Waals surface area contributed by atoms with Gasteiger partial charge in [-0.1, -0.05) is 30.3 Å². The SMILES string of the molecule is C[C@@H](NCC(O)COc1ccc(F)cc1)c1ccccc1. The first-order valence-corrected chi connectivity index (χ1v) is 7.00. The van der Waals surface area contributed by atoms with Crippen LogP contribution in [0.25, 0.3) is 0 Å². The quantitative estimate of drug-likeness (QED) is 0.823. The zero-order valence-corrected chi connectivity index (χ0v) is 12.0. The highest BCUT2D eigenvalue weighted by molar-refractivity contribution is 5.22. The molecule has 2 N–H and O–H groups in total. The summed E-state index contributed by atoms with van der Waals surface area (Å²) in [5, 5.41) is 13.2. The Morgan fingerprint density at radius 2 is 1.76 bits per heavy atom. The summed E-state index contributed by atoms with van der Waals surface area (Å²) in [7, 11) is 0. The average Bonchev–Trinajstić information content (AvgIpc) is 2.53. The van der Waals surface area contributed by atoms with Crippen molar-refractivity contribution < 1.29 is 14.2 Å². The zero-order chi connectivity index (χ0) is 15.1. The number of ether oxygens (including phenoxy) is 1. The first kappa shape index (κ1) is 15.5. The normalized spacial score (nSPS) is 13.7. The van der Waals surface area contributed by atoms with Crippen LogP contribution in [0.1, 0.15) is 18.5 Å². The summed E-state index contributed by atoms with van der Waals surface area (Å²) in [6.45, 7) is 2.64. The minimum atomic E-state index is -0.624. The Balaban J connectivity index is 1.72. The molecule has 0 bridgehead atoms. The van der Waals surface area contributed by atoms with E-state index in [1.54, 1.807) is 12.1 Å². The van der Waals surface area contributed by atoms with Gasteiger partial charge < -0.3 is 15.2 Å². The lowest BCUT2D eigenvalue weighted by Gasteiger charge is -2.18. The Kier molecular flexibility index (Phi) is 5.72. The molecule has 0 aliphatic carbocycles. The van der Waals surface area contributed by atoms with Crippen LogP contribution in [0, 0.1) is 5.82 Å². The molecule has 0 saturated heterocycles. The molecular formula is C17H20FNO2. The minimum Gasteiger partial charge on any atom is -0.491 e. The van der Waals surface area contributed by atoms with Crippen molar-refractivity contribution >= 4 is 0 Å². The number of aliphatic hydroxyl groups excluding tert-OH is 1. The topological polar surface area (TPSA) is 41.5 Å². The van der Waals surface area contributed by atoms with Crippen molar-refractivity contribution in [3.63, 3.8) is 0 Å². The van der Waals surface area contributed by atoms with E-state index in [-0.39, 0.29) is 18.5 Å². The van der Waals surface area contributed by atoms with Gasteiger partial charge in [0.25, 0.3) is 0 Å². The molecular weight excluding hydrogens is 269 g/mol. The van der Waals surface area contributed by atoms with E-state index >= 15 is 0 Å². The maximum atomic E-state index is 12.7. The Morgan fingerprint density at radius 1 is 1.10 bits per heavy atom. The van der Waals surface area contributed by atoms with Crippen LogP contribution in [-0.2, 0) is 0 Å². The van der Waals surface area contributed by atoms with Crippen molar-refractivity contribution in [1.82, 2.24) is 5.32 Å². The second-order valence-electron chi connectivity index (χ2n) is 4.96. The number of halogens is 1. The zero-order valence-electron chi connectivity index (χ0n) is 12.0. The van der Waals surface area contributed by atoms with Gasteiger partial charge in [-0.2, -0.15) is 0 Å². The van der Waals surface area contributed by atoms with E-state index in [9.17, 15) is 9.50 Å². The van der Waals surface area contributed by atoms with E-state index in [1.165, 1.54) is 17.7 Å². The van der Waals surface area contributed by atoms with E-state index in [0.717, 1.165) is 0 Å². The molecule has 2 aromatic carbocycles. The average molecular weight is 289 g/mol. The molecule has 3 nitrogen and oxygen atoms in total. The van der Waals surface area contributed by atoms with Crippen LogP contribution in [0.2, 0.25) is 0 Å². The molecule has 0 radical (unpaired) electrons. The molecule has 4 heteroatoms. The largest absolute Gasteiger partial charge is 0.491 e. The third kappa shape index (κ3) is 5.17. The van der Waals surface area contributed by atoms with E-state index in [4.69, 9.17) is 4.74 Å². The van der Waals surface area contributed by atoms with Gasteiger partial charge in [-0.25, -0.2) is 4.39 Å². The molecule has 112 valence electrons. The molecule has 21 heavy (non-hydrogen) atoms. The standard InChI is InChI=1S/C17H20FNO2/c1-13(14-5-3-2-4-6-14)19-11-16(20)12-21-17-9-7-15(18)8-10-17/h2-10,13,16,19-20H,11-12H2,1H3/t13-,16?/m1/s1. The lowest BCUT2D eigenvalue weighted by atomic mass is 10.1. The number of benzene rings is 2. The first-order valence-electron chi connectivity index (χ1n) is 7.00. The number of aliphatic hydroxyl groups is 1. The van der Waals surface area contributed by atoms with E-state index in [2.05, 4.69) is 5.32 Å². The predicted octanol–water partition coefficient (Wildman–Crippen LogP) is 2.92. The van der Waals surface area contributed by atoms with Crippen LogP contribution < -0.4 is 10.1 Å². The number of rotatable bonds is 7. The van der Waals surface area contributed by atoms with Crippen LogP contribution in [0.3, 0.4) is 0 Å². The molecule has 2 aromatic rings. The maximum Gasteiger partial charge on any atom is 0.123 e. The van der Waals surface area contributed by atoms with E-state index < -0.39 is 6.10 Å². The highest BCUT2D eigenvalue weighted by Gasteiger charge is 2.09. The van der Waals surface area contributed by atoms with Gasteiger partial charge in [0.1, 0.15) is 24.3 Å². The molecule has 0 aliphatic rings. The van der Waals surface area contributed by atoms with Crippen LogP contribution in [0.15, 0.2) is 54.6 Å². The third-order valence-corrected chi connectivity index (χ3v) is 3.22. The van der Waals surface area contributed by atoms with Gasteiger partial charge in [0.15, 0.2) is 0 Å². The summed E-state index contributed by atoms with van der Waals surface area (Å²) in [6.07, 6.45) is -0.624. The van der Waals surface area contributed by atoms with Crippen LogP contribution >= 0.6 is 0 Å². The predicted molar refractivity (Wildman–Crippen MR) is 80.8 cm³/mol. The van der Waals surface area contributed by atoms with Gasteiger partial charge in [0.05, 0.1) is 0 Å². The van der Waals surface area contributed by atoms with Crippen molar-refractivity contribution in [2.75, 3.05) is 13.2 Å². The fourth-order valence-corrected chi connectivity index (χ4v) is 1.95. The third-order valence-electron chi connectivity index (χ3n) is 3.22. The summed E-state index contributed by atoms with van der Waals surface area (Å²) in [4.78, 5) is 0. The fraction of sp³-hybridized carbons (Fsp3) is 0.294. The number of hydrogen-bond donors (Lipinski definition) is 2. The fourth-order valence-electron chi connectivity index (χ4n) is 1.95. The molecule has 0 saturated carbocycles. The molecule has 2 rings (SSSR count). The first-order chi connectivity index (χ1) is 10.1. The van der Waals surface area contributed by atoms with Crippen molar-refractivity contribution in [3.05, 3.63) is 66.0 Å². The van der Waals surface area contributed by atoms with Gasteiger partial charge >= 0.3 is 0 Å². The summed E-state index contributed by atoms with van der Waals surface area (Å²) in [6, 6.07) is 15.9. The molecule has 0 amide bonds. The summed E-state index contributed by atoms with van der Waals surface area (Å²) in [5.74, 6) is 0.243. The highest BCUT2D eigenvalue weighted by atomic mass is 19.1. The van der Waals surface area contributed by atoms with Crippen molar-refractivity contribution in [2.24, 2.45) is 0 Å². The molecule has 1 unspecified atom stereocenters. The summed E-state index contributed by atoms with van der Waals surface area (Å²) in [5.41, 5.74) is 1.17. The molecule has 0 fully saturated rings. The molecule has 0 aromatic heterocycles. The van der Waals surface area contributed by atoms with E-state index in [1.807, 2.05) is 37.3 Å². The lowest BCUT2D eigenvalue weighted by Crippen LogP contribution is -2.33. The maximum absolute atomic E-state index is 12.7. The Bertz CT molecular complexity index is 530. The second kappa shape index (κ2) is 7.76. The van der Waals surface area contributed by atoms with E-state index in [0.29, 0.717) is 12.3 Å². The monoisotopic (exact) mass is 289 g/mol. The van der Waals surface area contributed by atoms with Crippen molar-refractivity contribution in [1.29, 1.82) is 0 Å². The number of nitrogens with one attached hydrogen (secondary N) is 1. The van der Waals surface area contributed by atoms with Gasteiger partial charge in [0.2, 0.25) is 0 Å². The van der Waals surface area contributed by atoms with Gasteiger partial charge in [-0.3, -0.25) is 0 Å². The Morgan fingerprint density at radius 3 is 2.43 bits per heavy atom. The lowest BCUT2D eigenvalue weighted by molar-refractivity contribution is 0.104. The summed E-state index contributed by atoms with van der Waals surface area (Å²) < 4.78 is 18.1. The van der Waals surface area contributed by atoms with Gasteiger partial charge in [-0.15, -0.1) is 0 Å². The van der Waals surface area contributed by atoms with Crippen LogP contribution in [0.5, 0.6) is 5.75 Å².